The fourth-order valence-electron chi connectivity index (χ4n) is 4.20. The summed E-state index contributed by atoms with van der Waals surface area (Å²) in [7, 11) is 1.35. The monoisotopic (exact) mass is 481 g/mol. The SMILES string of the molecule is COC(=O)c1c(NC(=O)CN2CCN(Cc3ccc(F)cc3)CC2)sc(C)c1-c1ccccc1. The Hall–Kier alpha value is -3.07. The van der Waals surface area contributed by atoms with Crippen LogP contribution in [0.1, 0.15) is 20.8 Å². The molecule has 8 heteroatoms. The molecule has 1 amide bonds. The standard InChI is InChI=1S/C26H28FN3O3S/c1-18-23(20-6-4-3-5-7-20)24(26(32)33-2)25(34-18)28-22(31)17-30-14-12-29(13-15-30)16-19-8-10-21(27)11-9-19/h3-11H,12-17H2,1-2H3,(H,28,31). The molecule has 1 fully saturated rings. The van der Waals surface area contributed by atoms with Gasteiger partial charge in [0.1, 0.15) is 16.4 Å². The van der Waals surface area contributed by atoms with E-state index in [-0.39, 0.29) is 18.3 Å². The van der Waals surface area contributed by atoms with Gasteiger partial charge in [-0.15, -0.1) is 11.3 Å². The first-order valence-electron chi connectivity index (χ1n) is 11.2. The van der Waals surface area contributed by atoms with Gasteiger partial charge in [-0.25, -0.2) is 9.18 Å². The van der Waals surface area contributed by atoms with Crippen molar-refractivity contribution in [1.82, 2.24) is 9.80 Å². The first-order chi connectivity index (χ1) is 16.4. The molecule has 4 rings (SSSR count). The lowest BCUT2D eigenvalue weighted by Gasteiger charge is -2.34. The van der Waals surface area contributed by atoms with Crippen molar-refractivity contribution in [2.24, 2.45) is 0 Å². The van der Waals surface area contributed by atoms with Crippen LogP contribution in [0, 0.1) is 12.7 Å². The predicted octanol–water partition coefficient (Wildman–Crippen LogP) is 4.41. The summed E-state index contributed by atoms with van der Waals surface area (Å²) < 4.78 is 18.1. The molecule has 3 aromatic rings. The number of hydrogen-bond donors (Lipinski definition) is 1. The molecule has 0 aliphatic carbocycles. The minimum atomic E-state index is -0.465. The molecular formula is C26H28FN3O3S. The molecule has 1 aliphatic heterocycles. The van der Waals surface area contributed by atoms with Gasteiger partial charge in [-0.2, -0.15) is 0 Å². The number of esters is 1. The quantitative estimate of drug-likeness (QED) is 0.507. The van der Waals surface area contributed by atoms with Crippen LogP contribution in [0.15, 0.2) is 54.6 Å². The van der Waals surface area contributed by atoms with Gasteiger partial charge in [0.2, 0.25) is 5.91 Å². The van der Waals surface area contributed by atoms with Crippen molar-refractivity contribution < 1.29 is 18.7 Å². The van der Waals surface area contributed by atoms with E-state index in [9.17, 15) is 14.0 Å². The molecule has 6 nitrogen and oxygen atoms in total. The van der Waals surface area contributed by atoms with Gasteiger partial charge >= 0.3 is 5.97 Å². The Morgan fingerprint density at radius 2 is 1.65 bits per heavy atom. The normalized spacial score (nSPS) is 14.7. The third-order valence-corrected chi connectivity index (χ3v) is 6.96. The Morgan fingerprint density at radius 3 is 2.29 bits per heavy atom. The number of aryl methyl sites for hydroxylation is 1. The zero-order valence-electron chi connectivity index (χ0n) is 19.3. The van der Waals surface area contributed by atoms with E-state index < -0.39 is 5.97 Å². The molecule has 0 spiro atoms. The summed E-state index contributed by atoms with van der Waals surface area (Å²) in [4.78, 5) is 30.8. The average Bonchev–Trinajstić information content (AvgIpc) is 3.17. The van der Waals surface area contributed by atoms with Crippen molar-refractivity contribution in [3.63, 3.8) is 0 Å². The van der Waals surface area contributed by atoms with E-state index >= 15 is 0 Å². The van der Waals surface area contributed by atoms with Gasteiger partial charge in [0.05, 0.1) is 13.7 Å². The van der Waals surface area contributed by atoms with Crippen molar-refractivity contribution in [3.05, 3.63) is 76.4 Å². The highest BCUT2D eigenvalue weighted by Gasteiger charge is 2.26. The van der Waals surface area contributed by atoms with Crippen molar-refractivity contribution in [2.45, 2.75) is 13.5 Å². The molecule has 0 saturated carbocycles. The maximum atomic E-state index is 13.1. The van der Waals surface area contributed by atoms with Crippen LogP contribution in [-0.2, 0) is 16.1 Å². The summed E-state index contributed by atoms with van der Waals surface area (Å²) in [6, 6.07) is 16.2. The third-order valence-electron chi connectivity index (χ3n) is 5.94. The van der Waals surface area contributed by atoms with Crippen LogP contribution in [0.25, 0.3) is 11.1 Å². The van der Waals surface area contributed by atoms with Crippen LogP contribution in [0.3, 0.4) is 0 Å². The summed E-state index contributed by atoms with van der Waals surface area (Å²) in [6.45, 7) is 6.13. The number of halogens is 1. The molecule has 0 bridgehead atoms. The molecular weight excluding hydrogens is 453 g/mol. The Balaban J connectivity index is 1.38. The van der Waals surface area contributed by atoms with Gasteiger partial charge in [0.25, 0.3) is 0 Å². The number of piperazine rings is 1. The van der Waals surface area contributed by atoms with Gasteiger partial charge in [0.15, 0.2) is 0 Å². The van der Waals surface area contributed by atoms with Crippen LogP contribution in [0.5, 0.6) is 0 Å². The molecule has 1 aromatic heterocycles. The van der Waals surface area contributed by atoms with Crippen LogP contribution >= 0.6 is 11.3 Å². The number of methoxy groups -OCH3 is 1. The lowest BCUT2D eigenvalue weighted by molar-refractivity contribution is -0.117. The Labute approximate surface area is 203 Å². The molecule has 2 aromatic carbocycles. The fourth-order valence-corrected chi connectivity index (χ4v) is 5.29. The maximum absolute atomic E-state index is 13.1. The summed E-state index contributed by atoms with van der Waals surface area (Å²) in [6.07, 6.45) is 0. The number of carbonyl (C=O) groups is 2. The molecule has 0 atom stereocenters. The summed E-state index contributed by atoms with van der Waals surface area (Å²) in [5.41, 5.74) is 3.18. The fraction of sp³-hybridized carbons (Fsp3) is 0.308. The van der Waals surface area contributed by atoms with Crippen LogP contribution in [-0.4, -0.2) is 61.5 Å². The summed E-state index contributed by atoms with van der Waals surface area (Å²) in [5.74, 6) is -0.849. The number of carbonyl (C=O) groups excluding carboxylic acids is 2. The zero-order chi connectivity index (χ0) is 24.1. The number of rotatable bonds is 7. The van der Waals surface area contributed by atoms with Crippen molar-refractivity contribution in [3.8, 4) is 11.1 Å². The number of ether oxygens (including phenoxy) is 1. The molecule has 0 unspecified atom stereocenters. The number of thiophene rings is 1. The highest BCUT2D eigenvalue weighted by atomic mass is 32.1. The van der Waals surface area contributed by atoms with E-state index in [1.54, 1.807) is 12.1 Å². The maximum Gasteiger partial charge on any atom is 0.341 e. The molecule has 1 aliphatic rings. The molecule has 34 heavy (non-hydrogen) atoms. The van der Waals surface area contributed by atoms with E-state index in [2.05, 4.69) is 15.1 Å². The number of anilines is 1. The van der Waals surface area contributed by atoms with E-state index in [4.69, 9.17) is 4.74 Å². The second kappa shape index (κ2) is 10.9. The van der Waals surface area contributed by atoms with Crippen molar-refractivity contribution >= 4 is 28.2 Å². The first-order valence-corrected chi connectivity index (χ1v) is 12.0. The third kappa shape index (κ3) is 5.70. The second-order valence-electron chi connectivity index (χ2n) is 8.32. The smallest absolute Gasteiger partial charge is 0.341 e. The van der Waals surface area contributed by atoms with E-state index in [1.807, 2.05) is 37.3 Å². The van der Waals surface area contributed by atoms with E-state index in [0.717, 1.165) is 54.3 Å². The second-order valence-corrected chi connectivity index (χ2v) is 9.55. The van der Waals surface area contributed by atoms with Crippen LogP contribution in [0.4, 0.5) is 9.39 Å². The summed E-state index contributed by atoms with van der Waals surface area (Å²) >= 11 is 1.39. The number of hydrogen-bond acceptors (Lipinski definition) is 6. The van der Waals surface area contributed by atoms with E-state index in [1.165, 1.54) is 30.6 Å². The molecule has 178 valence electrons. The summed E-state index contributed by atoms with van der Waals surface area (Å²) in [5, 5.41) is 3.47. The number of benzene rings is 2. The van der Waals surface area contributed by atoms with Crippen molar-refractivity contribution in [1.29, 1.82) is 0 Å². The van der Waals surface area contributed by atoms with Gasteiger partial charge in [-0.05, 0) is 30.2 Å². The largest absolute Gasteiger partial charge is 0.465 e. The van der Waals surface area contributed by atoms with Gasteiger partial charge < -0.3 is 10.1 Å². The minimum absolute atomic E-state index is 0.155. The lowest BCUT2D eigenvalue weighted by atomic mass is 10.0. The Bertz CT molecular complexity index is 1140. The average molecular weight is 482 g/mol. The number of amides is 1. The zero-order valence-corrected chi connectivity index (χ0v) is 20.2. The van der Waals surface area contributed by atoms with Gasteiger partial charge in [-0.3, -0.25) is 14.6 Å². The number of nitrogens with zero attached hydrogens (tertiary/aromatic N) is 2. The van der Waals surface area contributed by atoms with Gasteiger partial charge in [0, 0.05) is 43.2 Å². The van der Waals surface area contributed by atoms with Crippen LogP contribution < -0.4 is 5.32 Å². The molecule has 2 heterocycles. The lowest BCUT2D eigenvalue weighted by Crippen LogP contribution is -2.48. The Kier molecular flexibility index (Phi) is 7.72. The minimum Gasteiger partial charge on any atom is -0.465 e. The Morgan fingerprint density at radius 1 is 1.00 bits per heavy atom. The van der Waals surface area contributed by atoms with Crippen LogP contribution in [0.2, 0.25) is 0 Å². The number of nitrogens with one attached hydrogen (secondary N) is 1. The molecule has 1 saturated heterocycles. The molecule has 0 radical (unpaired) electrons. The topological polar surface area (TPSA) is 61.9 Å². The highest BCUT2D eigenvalue weighted by molar-refractivity contribution is 7.17. The molecule has 1 N–H and O–H groups in total. The van der Waals surface area contributed by atoms with Crippen molar-refractivity contribution in [2.75, 3.05) is 45.2 Å². The highest BCUT2D eigenvalue weighted by Crippen LogP contribution is 2.40. The van der Waals surface area contributed by atoms with E-state index in [0.29, 0.717) is 10.6 Å². The predicted molar refractivity (Wildman–Crippen MR) is 133 cm³/mol. The van der Waals surface area contributed by atoms with Gasteiger partial charge in [-0.1, -0.05) is 42.5 Å². The first kappa shape index (κ1) is 24.1.